The fourth-order valence-corrected chi connectivity index (χ4v) is 1.90. The van der Waals surface area contributed by atoms with Crippen LogP contribution in [-0.4, -0.2) is 7.11 Å². The van der Waals surface area contributed by atoms with Crippen LogP contribution in [0, 0.1) is 11.3 Å². The Balaban J connectivity index is 2.53. The minimum absolute atomic E-state index is 0.434. The number of rotatable bonds is 3. The molecule has 3 nitrogen and oxygen atoms in total. The van der Waals surface area contributed by atoms with E-state index in [1.165, 1.54) is 0 Å². The van der Waals surface area contributed by atoms with Crippen LogP contribution >= 0.6 is 0 Å². The van der Waals surface area contributed by atoms with Crippen LogP contribution in [0.1, 0.15) is 11.1 Å². The summed E-state index contributed by atoms with van der Waals surface area (Å²) >= 11 is 0. The second kappa shape index (κ2) is 5.35. The Bertz CT molecular complexity index is 600. The number of nitriles is 1. The van der Waals surface area contributed by atoms with Gasteiger partial charge in [0.1, 0.15) is 5.75 Å². The highest BCUT2D eigenvalue weighted by Crippen LogP contribution is 2.27. The molecule has 0 aromatic heterocycles. The lowest BCUT2D eigenvalue weighted by molar-refractivity contribution is 0.414. The zero-order chi connectivity index (χ0) is 13.0. The van der Waals surface area contributed by atoms with Crippen LogP contribution in [0.2, 0.25) is 0 Å². The third kappa shape index (κ3) is 2.34. The van der Waals surface area contributed by atoms with Crippen LogP contribution < -0.4 is 10.5 Å². The summed E-state index contributed by atoms with van der Waals surface area (Å²) in [6.45, 7) is 0.434. The molecule has 0 spiro atoms. The largest absolute Gasteiger partial charge is 0.497 e. The van der Waals surface area contributed by atoms with Gasteiger partial charge < -0.3 is 10.5 Å². The third-order valence-electron chi connectivity index (χ3n) is 2.83. The van der Waals surface area contributed by atoms with Crippen molar-refractivity contribution in [1.82, 2.24) is 0 Å². The molecule has 0 unspecified atom stereocenters. The molecule has 0 amide bonds. The fourth-order valence-electron chi connectivity index (χ4n) is 1.90. The van der Waals surface area contributed by atoms with Gasteiger partial charge in [-0.15, -0.1) is 0 Å². The Kier molecular flexibility index (Phi) is 3.61. The van der Waals surface area contributed by atoms with E-state index >= 15 is 0 Å². The minimum Gasteiger partial charge on any atom is -0.497 e. The lowest BCUT2D eigenvalue weighted by atomic mass is 9.98. The molecule has 2 N–H and O–H groups in total. The van der Waals surface area contributed by atoms with E-state index in [4.69, 9.17) is 15.7 Å². The van der Waals surface area contributed by atoms with E-state index in [1.54, 1.807) is 13.2 Å². The van der Waals surface area contributed by atoms with Gasteiger partial charge in [-0.3, -0.25) is 0 Å². The molecule has 0 radical (unpaired) electrons. The second-order valence-corrected chi connectivity index (χ2v) is 3.92. The van der Waals surface area contributed by atoms with Gasteiger partial charge >= 0.3 is 0 Å². The molecule has 0 atom stereocenters. The molecular weight excluding hydrogens is 224 g/mol. The molecule has 0 heterocycles. The van der Waals surface area contributed by atoms with Crippen LogP contribution in [0.3, 0.4) is 0 Å². The standard InChI is InChI=1S/C15H14N2O/c1-18-14-5-6-15(13(8-14)10-17)12-4-2-3-11(7-12)9-16/h2-8H,10,17H2,1H3. The summed E-state index contributed by atoms with van der Waals surface area (Å²) in [6.07, 6.45) is 0. The summed E-state index contributed by atoms with van der Waals surface area (Å²) in [7, 11) is 1.63. The quantitative estimate of drug-likeness (QED) is 0.894. The van der Waals surface area contributed by atoms with E-state index in [1.807, 2.05) is 36.4 Å². The van der Waals surface area contributed by atoms with Crippen molar-refractivity contribution in [3.05, 3.63) is 53.6 Å². The average molecular weight is 238 g/mol. The first-order valence-corrected chi connectivity index (χ1v) is 5.66. The zero-order valence-corrected chi connectivity index (χ0v) is 10.2. The maximum atomic E-state index is 8.92. The average Bonchev–Trinajstić information content (AvgIpc) is 2.46. The normalized spacial score (nSPS) is 9.83. The van der Waals surface area contributed by atoms with Crippen molar-refractivity contribution >= 4 is 0 Å². The highest BCUT2D eigenvalue weighted by molar-refractivity contribution is 5.69. The Labute approximate surface area is 106 Å². The molecular formula is C15H14N2O. The summed E-state index contributed by atoms with van der Waals surface area (Å²) in [5.41, 5.74) is 9.45. The van der Waals surface area contributed by atoms with Crippen LogP contribution in [0.5, 0.6) is 5.75 Å². The Morgan fingerprint density at radius 1 is 1.22 bits per heavy atom. The van der Waals surface area contributed by atoms with Gasteiger partial charge in [-0.05, 0) is 41.0 Å². The van der Waals surface area contributed by atoms with Gasteiger partial charge in [0.2, 0.25) is 0 Å². The summed E-state index contributed by atoms with van der Waals surface area (Å²) in [5, 5.41) is 8.92. The topological polar surface area (TPSA) is 59.0 Å². The Morgan fingerprint density at radius 2 is 2.06 bits per heavy atom. The summed E-state index contributed by atoms with van der Waals surface area (Å²) in [5.74, 6) is 0.788. The number of benzene rings is 2. The molecule has 0 aliphatic rings. The predicted octanol–water partition coefficient (Wildman–Crippen LogP) is 2.69. The molecule has 0 saturated heterocycles. The molecule has 2 aromatic carbocycles. The summed E-state index contributed by atoms with van der Waals surface area (Å²) < 4.78 is 5.18. The fraction of sp³-hybridized carbons (Fsp3) is 0.133. The monoisotopic (exact) mass is 238 g/mol. The Morgan fingerprint density at radius 3 is 2.72 bits per heavy atom. The molecule has 0 saturated carbocycles. The van der Waals surface area contributed by atoms with Crippen molar-refractivity contribution in [1.29, 1.82) is 5.26 Å². The first-order chi connectivity index (χ1) is 8.78. The number of nitrogens with two attached hydrogens (primary N) is 1. The number of ether oxygens (including phenoxy) is 1. The molecule has 0 aliphatic carbocycles. The molecule has 90 valence electrons. The van der Waals surface area contributed by atoms with E-state index < -0.39 is 0 Å². The van der Waals surface area contributed by atoms with Crippen molar-refractivity contribution in [3.63, 3.8) is 0 Å². The van der Waals surface area contributed by atoms with Crippen molar-refractivity contribution in [3.8, 4) is 22.9 Å². The van der Waals surface area contributed by atoms with E-state index in [0.717, 1.165) is 22.4 Å². The highest BCUT2D eigenvalue weighted by atomic mass is 16.5. The van der Waals surface area contributed by atoms with Gasteiger partial charge in [0.25, 0.3) is 0 Å². The maximum absolute atomic E-state index is 8.92. The van der Waals surface area contributed by atoms with Gasteiger partial charge in [-0.25, -0.2) is 0 Å². The lowest BCUT2D eigenvalue weighted by Gasteiger charge is -2.10. The van der Waals surface area contributed by atoms with Crippen molar-refractivity contribution in [2.45, 2.75) is 6.54 Å². The lowest BCUT2D eigenvalue weighted by Crippen LogP contribution is -2.00. The molecule has 0 fully saturated rings. The molecule has 2 aromatic rings. The predicted molar refractivity (Wildman–Crippen MR) is 71.0 cm³/mol. The first-order valence-electron chi connectivity index (χ1n) is 5.66. The molecule has 0 aliphatic heterocycles. The van der Waals surface area contributed by atoms with Gasteiger partial charge in [-0.1, -0.05) is 18.2 Å². The number of hydrogen-bond donors (Lipinski definition) is 1. The smallest absolute Gasteiger partial charge is 0.119 e. The van der Waals surface area contributed by atoms with Gasteiger partial charge in [0.15, 0.2) is 0 Å². The van der Waals surface area contributed by atoms with Crippen LogP contribution in [0.4, 0.5) is 0 Å². The first kappa shape index (κ1) is 12.2. The van der Waals surface area contributed by atoms with E-state index in [-0.39, 0.29) is 0 Å². The van der Waals surface area contributed by atoms with Gasteiger partial charge in [-0.2, -0.15) is 5.26 Å². The summed E-state index contributed by atoms with van der Waals surface area (Å²) in [6, 6.07) is 15.4. The van der Waals surface area contributed by atoms with Crippen LogP contribution in [0.15, 0.2) is 42.5 Å². The van der Waals surface area contributed by atoms with Crippen molar-refractivity contribution < 1.29 is 4.74 Å². The summed E-state index contributed by atoms with van der Waals surface area (Å²) in [4.78, 5) is 0. The number of nitrogens with zero attached hydrogens (tertiary/aromatic N) is 1. The minimum atomic E-state index is 0.434. The Hall–Kier alpha value is -2.31. The SMILES string of the molecule is COc1ccc(-c2cccc(C#N)c2)c(CN)c1. The maximum Gasteiger partial charge on any atom is 0.119 e. The van der Waals surface area contributed by atoms with Crippen molar-refractivity contribution in [2.75, 3.05) is 7.11 Å². The third-order valence-corrected chi connectivity index (χ3v) is 2.83. The zero-order valence-electron chi connectivity index (χ0n) is 10.2. The van der Waals surface area contributed by atoms with Crippen LogP contribution in [-0.2, 0) is 6.54 Å². The second-order valence-electron chi connectivity index (χ2n) is 3.92. The number of hydrogen-bond acceptors (Lipinski definition) is 3. The number of methoxy groups -OCH3 is 1. The molecule has 2 rings (SSSR count). The van der Waals surface area contributed by atoms with Gasteiger partial charge in [0.05, 0.1) is 18.7 Å². The van der Waals surface area contributed by atoms with E-state index in [9.17, 15) is 0 Å². The highest BCUT2D eigenvalue weighted by Gasteiger charge is 2.06. The molecule has 18 heavy (non-hydrogen) atoms. The van der Waals surface area contributed by atoms with E-state index in [0.29, 0.717) is 12.1 Å². The van der Waals surface area contributed by atoms with Crippen molar-refractivity contribution in [2.24, 2.45) is 5.73 Å². The van der Waals surface area contributed by atoms with E-state index in [2.05, 4.69) is 6.07 Å². The molecule has 3 heteroatoms. The van der Waals surface area contributed by atoms with Gasteiger partial charge in [0, 0.05) is 6.54 Å². The molecule has 0 bridgehead atoms. The van der Waals surface area contributed by atoms with Crippen LogP contribution in [0.25, 0.3) is 11.1 Å².